The Balaban J connectivity index is 1.75. The predicted molar refractivity (Wildman–Crippen MR) is 88.8 cm³/mol. The molecule has 2 heterocycles. The molecule has 0 atom stereocenters. The van der Waals surface area contributed by atoms with E-state index in [0.717, 1.165) is 4.70 Å². The van der Waals surface area contributed by atoms with Crippen molar-refractivity contribution in [2.45, 2.75) is 4.90 Å². The lowest BCUT2D eigenvalue weighted by atomic mass is 10.3. The number of nitrogens with one attached hydrogen (secondary N) is 1. The lowest BCUT2D eigenvalue weighted by Crippen LogP contribution is -2.13. The predicted octanol–water partition coefficient (Wildman–Crippen LogP) is 2.64. The van der Waals surface area contributed by atoms with Crippen LogP contribution in [0.2, 0.25) is 0 Å². The average molecular weight is 362 g/mol. The molecule has 0 aliphatic heterocycles. The van der Waals surface area contributed by atoms with Gasteiger partial charge in [-0.15, -0.1) is 0 Å². The normalized spacial score (nSPS) is 11.9. The molecule has 122 valence electrons. The van der Waals surface area contributed by atoms with Crippen molar-refractivity contribution in [2.75, 3.05) is 11.8 Å². The number of methoxy groups -OCH3 is 1. The molecule has 10 heteroatoms. The molecule has 0 saturated heterocycles. The van der Waals surface area contributed by atoms with Gasteiger partial charge in [0.25, 0.3) is 10.0 Å². The number of thiazole rings is 1. The highest BCUT2D eigenvalue weighted by Crippen LogP contribution is 2.31. The number of benzene rings is 2. The number of fused-ring (bicyclic) bond motifs is 2. The summed E-state index contributed by atoms with van der Waals surface area (Å²) < 4.78 is 38.3. The minimum Gasteiger partial charge on any atom is -0.497 e. The van der Waals surface area contributed by atoms with Crippen molar-refractivity contribution in [1.82, 2.24) is 15.3 Å². The Morgan fingerprint density at radius 3 is 2.88 bits per heavy atom. The molecule has 2 aromatic carbocycles. The molecule has 0 spiro atoms. The summed E-state index contributed by atoms with van der Waals surface area (Å²) >= 11 is 1.21. The SMILES string of the molecule is COc1ccc2nc(NS(=O)(=O)c3cccc4nonc34)sc2c1. The van der Waals surface area contributed by atoms with E-state index in [1.165, 1.54) is 17.4 Å². The third-order valence-electron chi connectivity index (χ3n) is 3.36. The van der Waals surface area contributed by atoms with Gasteiger partial charge in [0, 0.05) is 0 Å². The first-order chi connectivity index (χ1) is 11.6. The second-order valence-electron chi connectivity index (χ2n) is 4.85. The van der Waals surface area contributed by atoms with Gasteiger partial charge in [0.15, 0.2) is 10.6 Å². The van der Waals surface area contributed by atoms with Crippen LogP contribution in [-0.2, 0) is 10.0 Å². The van der Waals surface area contributed by atoms with E-state index in [0.29, 0.717) is 16.8 Å². The van der Waals surface area contributed by atoms with Crippen LogP contribution in [0.4, 0.5) is 5.13 Å². The molecular weight excluding hydrogens is 352 g/mol. The molecular formula is C14H10N4O4S2. The quantitative estimate of drug-likeness (QED) is 0.594. The van der Waals surface area contributed by atoms with Crippen LogP contribution in [0.3, 0.4) is 0 Å². The molecule has 8 nitrogen and oxygen atoms in total. The van der Waals surface area contributed by atoms with E-state index >= 15 is 0 Å². The van der Waals surface area contributed by atoms with Crippen LogP contribution in [-0.4, -0.2) is 30.8 Å². The summed E-state index contributed by atoms with van der Waals surface area (Å²) in [6.07, 6.45) is 0. The average Bonchev–Trinajstić information content (AvgIpc) is 3.18. The number of sulfonamides is 1. The van der Waals surface area contributed by atoms with E-state index in [1.54, 1.807) is 37.4 Å². The number of nitrogens with zero attached hydrogens (tertiary/aromatic N) is 3. The van der Waals surface area contributed by atoms with Gasteiger partial charge in [-0.05, 0) is 40.6 Å². The maximum atomic E-state index is 12.6. The van der Waals surface area contributed by atoms with Crippen molar-refractivity contribution >= 4 is 47.7 Å². The van der Waals surface area contributed by atoms with Crippen LogP contribution in [0.5, 0.6) is 5.75 Å². The third-order valence-corrected chi connectivity index (χ3v) is 5.79. The number of ether oxygens (including phenoxy) is 1. The zero-order valence-corrected chi connectivity index (χ0v) is 13.9. The molecule has 0 saturated carbocycles. The molecule has 0 aliphatic carbocycles. The highest BCUT2D eigenvalue weighted by molar-refractivity contribution is 7.93. The zero-order valence-electron chi connectivity index (χ0n) is 12.3. The summed E-state index contributed by atoms with van der Waals surface area (Å²) in [6, 6.07) is 9.96. The molecule has 0 radical (unpaired) electrons. The molecule has 4 aromatic rings. The van der Waals surface area contributed by atoms with Crippen LogP contribution in [0, 0.1) is 0 Å². The maximum absolute atomic E-state index is 12.6. The Labute approximate surface area is 140 Å². The molecule has 0 amide bonds. The summed E-state index contributed by atoms with van der Waals surface area (Å²) in [4.78, 5) is 4.26. The number of anilines is 1. The zero-order chi connectivity index (χ0) is 16.7. The van der Waals surface area contributed by atoms with E-state index in [2.05, 4.69) is 24.6 Å². The van der Waals surface area contributed by atoms with Crippen LogP contribution in [0.1, 0.15) is 0 Å². The summed E-state index contributed by atoms with van der Waals surface area (Å²) in [6.45, 7) is 0. The van der Waals surface area contributed by atoms with E-state index in [-0.39, 0.29) is 15.5 Å². The van der Waals surface area contributed by atoms with Gasteiger partial charge in [-0.2, -0.15) is 0 Å². The molecule has 0 unspecified atom stereocenters. The Bertz CT molecular complexity index is 1150. The number of aromatic nitrogens is 3. The molecule has 2 aromatic heterocycles. The Morgan fingerprint density at radius 1 is 1.17 bits per heavy atom. The summed E-state index contributed by atoms with van der Waals surface area (Å²) in [5.74, 6) is 0.680. The van der Waals surface area contributed by atoms with Crippen molar-refractivity contribution in [1.29, 1.82) is 0 Å². The van der Waals surface area contributed by atoms with Gasteiger partial charge in [-0.25, -0.2) is 18.0 Å². The summed E-state index contributed by atoms with van der Waals surface area (Å²) in [7, 11) is -2.30. The Morgan fingerprint density at radius 2 is 2.04 bits per heavy atom. The van der Waals surface area contributed by atoms with Gasteiger partial charge in [-0.1, -0.05) is 17.4 Å². The molecule has 0 bridgehead atoms. The number of rotatable bonds is 4. The second-order valence-corrected chi connectivity index (χ2v) is 7.53. The maximum Gasteiger partial charge on any atom is 0.266 e. The Hall–Kier alpha value is -2.72. The fraction of sp³-hybridized carbons (Fsp3) is 0.0714. The smallest absolute Gasteiger partial charge is 0.266 e. The lowest BCUT2D eigenvalue weighted by Gasteiger charge is -2.04. The van der Waals surface area contributed by atoms with Crippen LogP contribution < -0.4 is 9.46 Å². The van der Waals surface area contributed by atoms with Crippen molar-refractivity contribution < 1.29 is 17.8 Å². The Kier molecular flexibility index (Phi) is 3.36. The van der Waals surface area contributed by atoms with Crippen LogP contribution in [0.15, 0.2) is 45.9 Å². The first-order valence-electron chi connectivity index (χ1n) is 6.75. The van der Waals surface area contributed by atoms with Crippen LogP contribution in [0.25, 0.3) is 21.3 Å². The van der Waals surface area contributed by atoms with Gasteiger partial charge in [0.05, 0.1) is 17.3 Å². The number of hydrogen-bond acceptors (Lipinski definition) is 8. The van der Waals surface area contributed by atoms with E-state index < -0.39 is 10.0 Å². The fourth-order valence-corrected chi connectivity index (χ4v) is 4.52. The van der Waals surface area contributed by atoms with Crippen molar-refractivity contribution in [3.05, 3.63) is 36.4 Å². The lowest BCUT2D eigenvalue weighted by molar-refractivity contribution is 0.315. The monoisotopic (exact) mass is 362 g/mol. The van der Waals surface area contributed by atoms with Gasteiger partial charge in [0.1, 0.15) is 16.2 Å². The van der Waals surface area contributed by atoms with E-state index in [4.69, 9.17) is 4.74 Å². The van der Waals surface area contributed by atoms with Crippen molar-refractivity contribution in [2.24, 2.45) is 0 Å². The molecule has 1 N–H and O–H groups in total. The van der Waals surface area contributed by atoms with Gasteiger partial charge >= 0.3 is 0 Å². The largest absolute Gasteiger partial charge is 0.497 e. The van der Waals surface area contributed by atoms with E-state index in [9.17, 15) is 8.42 Å². The molecule has 0 aliphatic rings. The van der Waals surface area contributed by atoms with Crippen LogP contribution >= 0.6 is 11.3 Å². The summed E-state index contributed by atoms with van der Waals surface area (Å²) in [5.41, 5.74) is 1.22. The van der Waals surface area contributed by atoms with Gasteiger partial charge in [0.2, 0.25) is 0 Å². The first kappa shape index (κ1) is 14.8. The van der Waals surface area contributed by atoms with Crippen molar-refractivity contribution in [3.63, 3.8) is 0 Å². The van der Waals surface area contributed by atoms with E-state index in [1.807, 2.05) is 0 Å². The topological polar surface area (TPSA) is 107 Å². The van der Waals surface area contributed by atoms with Gasteiger partial charge < -0.3 is 4.74 Å². The minimum atomic E-state index is -3.87. The highest BCUT2D eigenvalue weighted by Gasteiger charge is 2.22. The number of hydrogen-bond donors (Lipinski definition) is 1. The molecule has 4 rings (SSSR count). The van der Waals surface area contributed by atoms with Gasteiger partial charge in [-0.3, -0.25) is 4.72 Å². The third kappa shape index (κ3) is 2.45. The molecule has 0 fully saturated rings. The first-order valence-corrected chi connectivity index (χ1v) is 9.05. The second kappa shape index (κ2) is 5.42. The highest BCUT2D eigenvalue weighted by atomic mass is 32.2. The standard InChI is InChI=1S/C14H10N4O4S2/c1-21-8-5-6-9-11(7-8)23-14(15-9)18-24(19,20)12-4-2-3-10-13(12)17-22-16-10/h2-7H,1H3,(H,15,18). The van der Waals surface area contributed by atoms with Crippen molar-refractivity contribution in [3.8, 4) is 5.75 Å². The molecule has 24 heavy (non-hydrogen) atoms. The minimum absolute atomic E-state index is 0.0157. The summed E-state index contributed by atoms with van der Waals surface area (Å²) in [5, 5.41) is 7.56. The fourth-order valence-electron chi connectivity index (χ4n) is 2.24.